The van der Waals surface area contributed by atoms with E-state index in [0.29, 0.717) is 41.8 Å². The van der Waals surface area contributed by atoms with E-state index in [-0.39, 0.29) is 22.0 Å². The summed E-state index contributed by atoms with van der Waals surface area (Å²) < 4.78 is 0. The molecule has 5 aliphatic carbocycles. The van der Waals surface area contributed by atoms with Crippen LogP contribution in [0.2, 0.25) is 0 Å². The van der Waals surface area contributed by atoms with Gasteiger partial charge in [-0.05, 0) is 84.2 Å². The molecule has 0 radical (unpaired) electrons. The van der Waals surface area contributed by atoms with Crippen molar-refractivity contribution < 1.29 is 9.59 Å². The number of hydrogen-bond acceptors (Lipinski definition) is 2. The first kappa shape index (κ1) is 20.5. The zero-order valence-corrected chi connectivity index (χ0v) is 19.7. The predicted molar refractivity (Wildman–Crippen MR) is 121 cm³/mol. The minimum atomic E-state index is 0.0167. The van der Waals surface area contributed by atoms with E-state index in [1.54, 1.807) is 6.08 Å². The van der Waals surface area contributed by atoms with Crippen LogP contribution in [0.25, 0.3) is 0 Å². The van der Waals surface area contributed by atoms with Crippen molar-refractivity contribution in [2.45, 2.75) is 80.1 Å². The molecule has 2 fully saturated rings. The summed E-state index contributed by atoms with van der Waals surface area (Å²) in [6.07, 6.45) is 12.4. The molecule has 0 saturated heterocycles. The van der Waals surface area contributed by atoms with Crippen molar-refractivity contribution in [1.82, 2.24) is 0 Å². The van der Waals surface area contributed by atoms with Crippen molar-refractivity contribution in [3.8, 4) is 0 Å². The first-order chi connectivity index (χ1) is 14.0. The van der Waals surface area contributed by atoms with Crippen molar-refractivity contribution >= 4 is 11.6 Å². The molecule has 5 atom stereocenters. The summed E-state index contributed by atoms with van der Waals surface area (Å²) in [5.74, 6) is 2.72. The minimum absolute atomic E-state index is 0.0167. The molecule has 2 heteroatoms. The Hall–Kier alpha value is -1.44. The van der Waals surface area contributed by atoms with E-state index in [2.05, 4.69) is 47.6 Å². The number of allylic oxidation sites excluding steroid dienone is 6. The average Bonchev–Trinajstić information content (AvgIpc) is 2.66. The van der Waals surface area contributed by atoms with Gasteiger partial charge in [-0.15, -0.1) is 0 Å². The number of carbonyl (C=O) groups is 2. The second-order valence-electron chi connectivity index (χ2n) is 12.6. The monoisotopic (exact) mass is 406 g/mol. The molecule has 5 unspecified atom stereocenters. The van der Waals surface area contributed by atoms with Gasteiger partial charge in [0.25, 0.3) is 0 Å². The minimum Gasteiger partial charge on any atom is -0.295 e. The van der Waals surface area contributed by atoms with Crippen molar-refractivity contribution in [3.05, 3.63) is 34.9 Å². The highest BCUT2D eigenvalue weighted by molar-refractivity contribution is 6.07. The van der Waals surface area contributed by atoms with Crippen LogP contribution < -0.4 is 0 Å². The van der Waals surface area contributed by atoms with Gasteiger partial charge in [0.1, 0.15) is 0 Å². The summed E-state index contributed by atoms with van der Waals surface area (Å²) >= 11 is 0. The fraction of sp³-hybridized carbons (Fsp3) is 0.714. The van der Waals surface area contributed by atoms with Gasteiger partial charge in [-0.1, -0.05) is 58.8 Å². The second-order valence-corrected chi connectivity index (χ2v) is 12.6. The van der Waals surface area contributed by atoms with Crippen LogP contribution in [0, 0.1) is 45.8 Å². The summed E-state index contributed by atoms with van der Waals surface area (Å²) in [6.45, 7) is 14.5. The lowest BCUT2D eigenvalue weighted by Gasteiger charge is -2.62. The van der Waals surface area contributed by atoms with Gasteiger partial charge in [0, 0.05) is 17.9 Å². The fourth-order valence-corrected chi connectivity index (χ4v) is 8.07. The first-order valence-corrected chi connectivity index (χ1v) is 12.2. The maximum Gasteiger partial charge on any atom is 0.182 e. The maximum atomic E-state index is 13.7. The van der Waals surface area contributed by atoms with Gasteiger partial charge in [-0.2, -0.15) is 0 Å². The van der Waals surface area contributed by atoms with Gasteiger partial charge in [0.15, 0.2) is 11.6 Å². The summed E-state index contributed by atoms with van der Waals surface area (Å²) in [6, 6.07) is 0. The summed E-state index contributed by atoms with van der Waals surface area (Å²) in [4.78, 5) is 25.6. The molecule has 0 aliphatic heterocycles. The molecule has 2 saturated carbocycles. The van der Waals surface area contributed by atoms with Gasteiger partial charge in [-0.25, -0.2) is 0 Å². The van der Waals surface area contributed by atoms with Crippen molar-refractivity contribution in [2.24, 2.45) is 45.8 Å². The van der Waals surface area contributed by atoms with E-state index in [1.807, 2.05) is 6.08 Å². The molecule has 30 heavy (non-hydrogen) atoms. The molecule has 0 aromatic heterocycles. The second kappa shape index (κ2) is 6.30. The quantitative estimate of drug-likeness (QED) is 0.462. The third kappa shape index (κ3) is 2.55. The Labute approximate surface area is 182 Å². The zero-order chi connectivity index (χ0) is 21.6. The largest absolute Gasteiger partial charge is 0.295 e. The lowest BCUT2D eigenvalue weighted by atomic mass is 9.42. The fourth-order valence-electron chi connectivity index (χ4n) is 8.07. The molecule has 0 aromatic carbocycles. The van der Waals surface area contributed by atoms with Gasteiger partial charge in [0.05, 0.1) is 0 Å². The Morgan fingerprint density at radius 3 is 2.33 bits per heavy atom. The molecular formula is C28H38O2. The van der Waals surface area contributed by atoms with E-state index in [4.69, 9.17) is 0 Å². The first-order valence-electron chi connectivity index (χ1n) is 12.2. The van der Waals surface area contributed by atoms with E-state index in [0.717, 1.165) is 19.3 Å². The molecule has 0 aromatic rings. The Morgan fingerprint density at radius 1 is 0.900 bits per heavy atom. The normalized spacial score (nSPS) is 40.7. The van der Waals surface area contributed by atoms with Gasteiger partial charge >= 0.3 is 0 Å². The van der Waals surface area contributed by atoms with Crippen LogP contribution in [0.1, 0.15) is 80.1 Å². The Morgan fingerprint density at radius 2 is 1.60 bits per heavy atom. The van der Waals surface area contributed by atoms with Crippen LogP contribution in [-0.2, 0) is 9.59 Å². The smallest absolute Gasteiger partial charge is 0.182 e. The molecule has 0 heterocycles. The molecule has 0 spiro atoms. The summed E-state index contributed by atoms with van der Waals surface area (Å²) in [7, 11) is 0. The Kier molecular flexibility index (Phi) is 4.30. The highest BCUT2D eigenvalue weighted by Gasteiger charge is 2.59. The highest BCUT2D eigenvalue weighted by atomic mass is 16.1. The van der Waals surface area contributed by atoms with Crippen LogP contribution in [0.4, 0.5) is 0 Å². The molecule has 162 valence electrons. The lowest BCUT2D eigenvalue weighted by Crippen LogP contribution is -2.54. The third-order valence-corrected chi connectivity index (χ3v) is 10.8. The molecular weight excluding hydrogens is 368 g/mol. The molecule has 0 bridgehead atoms. The number of fused-ring (bicyclic) bond motifs is 6. The van der Waals surface area contributed by atoms with Crippen molar-refractivity contribution in [3.63, 3.8) is 0 Å². The zero-order valence-electron chi connectivity index (χ0n) is 19.7. The van der Waals surface area contributed by atoms with Gasteiger partial charge in [0.2, 0.25) is 0 Å². The molecule has 0 amide bonds. The molecule has 5 rings (SSSR count). The van der Waals surface area contributed by atoms with Crippen LogP contribution in [0.5, 0.6) is 0 Å². The van der Waals surface area contributed by atoms with Crippen LogP contribution in [-0.4, -0.2) is 11.6 Å². The predicted octanol–water partition coefficient (Wildman–Crippen LogP) is 6.47. The third-order valence-electron chi connectivity index (χ3n) is 10.8. The van der Waals surface area contributed by atoms with Crippen molar-refractivity contribution in [2.75, 3.05) is 0 Å². The summed E-state index contributed by atoms with van der Waals surface area (Å²) in [5.41, 5.74) is 4.45. The van der Waals surface area contributed by atoms with Gasteiger partial charge in [-0.3, -0.25) is 9.59 Å². The average molecular weight is 407 g/mol. The van der Waals surface area contributed by atoms with E-state index in [9.17, 15) is 9.59 Å². The maximum absolute atomic E-state index is 13.7. The molecule has 5 aliphatic rings. The number of carbonyl (C=O) groups excluding carboxylic acids is 2. The van der Waals surface area contributed by atoms with Gasteiger partial charge < -0.3 is 0 Å². The lowest BCUT2D eigenvalue weighted by molar-refractivity contribution is -0.116. The van der Waals surface area contributed by atoms with E-state index >= 15 is 0 Å². The standard InChI is InChI=1S/C28H38O2/c1-26(2)15-17-8-11-21-20-10-7-16-13-18(29)9-12-19(16)22(20)14-23(30)24(21)25(17)27(3,4)28(26,5)6/h9,12,14,16-17,19-21H,7-8,10-11,13,15H2,1-6H3. The number of rotatable bonds is 0. The van der Waals surface area contributed by atoms with Crippen LogP contribution >= 0.6 is 0 Å². The van der Waals surface area contributed by atoms with Crippen molar-refractivity contribution in [1.29, 1.82) is 0 Å². The van der Waals surface area contributed by atoms with Crippen LogP contribution in [0.15, 0.2) is 34.9 Å². The Balaban J connectivity index is 1.64. The van der Waals surface area contributed by atoms with E-state index < -0.39 is 0 Å². The highest BCUT2D eigenvalue weighted by Crippen LogP contribution is 2.67. The van der Waals surface area contributed by atoms with Crippen LogP contribution in [0.3, 0.4) is 0 Å². The topological polar surface area (TPSA) is 34.1 Å². The van der Waals surface area contributed by atoms with E-state index in [1.165, 1.54) is 29.6 Å². The molecule has 0 N–H and O–H groups in total. The number of hydrogen-bond donors (Lipinski definition) is 0. The molecule has 2 nitrogen and oxygen atoms in total. The SMILES string of the molecule is CC1(C)CC2CCC3C(=C2C(C)(C)C1(C)C)C(=O)C=C1C2C=CC(=O)CC2CCC13. The summed E-state index contributed by atoms with van der Waals surface area (Å²) in [5, 5.41) is 0. The Bertz CT molecular complexity index is 907. The number of ketones is 2.